The van der Waals surface area contributed by atoms with Gasteiger partial charge in [0.05, 0.1) is 6.20 Å². The van der Waals surface area contributed by atoms with Crippen molar-refractivity contribution in [3.05, 3.63) is 22.6 Å². The van der Waals surface area contributed by atoms with E-state index < -0.39 is 0 Å². The first kappa shape index (κ1) is 7.49. The van der Waals surface area contributed by atoms with Gasteiger partial charge in [0.15, 0.2) is 12.1 Å². The van der Waals surface area contributed by atoms with Crippen LogP contribution in [0.4, 0.5) is 0 Å². The number of imidazole rings is 1. The van der Waals surface area contributed by atoms with Crippen molar-refractivity contribution in [2.45, 2.75) is 13.8 Å². The Morgan fingerprint density at radius 2 is 2.33 bits per heavy atom. The highest BCUT2D eigenvalue weighted by Gasteiger charge is 2.08. The molecule has 2 rings (SSSR count). The molecule has 0 radical (unpaired) electrons. The van der Waals surface area contributed by atoms with Gasteiger partial charge in [0.1, 0.15) is 4.83 Å². The second-order valence-corrected chi connectivity index (χ2v) is 3.89. The van der Waals surface area contributed by atoms with Gasteiger partial charge in [0, 0.05) is 10.6 Å². The molecular weight excluding hydrogens is 172 g/mol. The van der Waals surface area contributed by atoms with Crippen molar-refractivity contribution < 1.29 is 4.79 Å². The van der Waals surface area contributed by atoms with Gasteiger partial charge < -0.3 is 0 Å². The van der Waals surface area contributed by atoms with E-state index in [1.165, 1.54) is 4.88 Å². The molecular formula is C8H8N2OS. The Morgan fingerprint density at radius 3 is 3.00 bits per heavy atom. The number of hydrogen-bond donors (Lipinski definition) is 0. The van der Waals surface area contributed by atoms with Gasteiger partial charge in [-0.2, -0.15) is 0 Å². The van der Waals surface area contributed by atoms with Crippen LogP contribution < -0.4 is 0 Å². The summed E-state index contributed by atoms with van der Waals surface area (Å²) in [5.74, 6) is 0.492. The summed E-state index contributed by atoms with van der Waals surface area (Å²) in [5, 5.41) is 0. The van der Waals surface area contributed by atoms with Gasteiger partial charge >= 0.3 is 0 Å². The summed E-state index contributed by atoms with van der Waals surface area (Å²) in [6.45, 7) is 4.04. The van der Waals surface area contributed by atoms with Gasteiger partial charge in [-0.15, -0.1) is 11.3 Å². The lowest BCUT2D eigenvalue weighted by atomic mass is 10.4. The molecule has 2 heterocycles. The summed E-state index contributed by atoms with van der Waals surface area (Å²) < 4.78 is 1.88. The Hall–Kier alpha value is -1.16. The molecule has 62 valence electrons. The van der Waals surface area contributed by atoms with Crippen LogP contribution in [0.3, 0.4) is 0 Å². The summed E-state index contributed by atoms with van der Waals surface area (Å²) in [4.78, 5) is 16.8. The molecule has 4 heteroatoms. The molecule has 0 atom stereocenters. The lowest BCUT2D eigenvalue weighted by Crippen LogP contribution is -1.93. The highest BCUT2D eigenvalue weighted by Crippen LogP contribution is 2.22. The molecule has 2 aromatic rings. The first-order valence-electron chi connectivity index (χ1n) is 3.62. The van der Waals surface area contributed by atoms with E-state index in [4.69, 9.17) is 0 Å². The molecule has 0 aromatic carbocycles. The number of aryl methyl sites for hydroxylation is 2. The van der Waals surface area contributed by atoms with Crippen LogP contribution in [0.25, 0.3) is 4.83 Å². The number of nitrogens with zero attached hydrogens (tertiary/aromatic N) is 2. The van der Waals surface area contributed by atoms with E-state index in [1.807, 2.05) is 18.2 Å². The van der Waals surface area contributed by atoms with Gasteiger partial charge in [0.2, 0.25) is 0 Å². The SMILES string of the molecule is Cc1sc2cnc(C=O)n2c1C. The summed E-state index contributed by atoms with van der Waals surface area (Å²) in [7, 11) is 0. The molecule has 0 bridgehead atoms. The molecule has 0 spiro atoms. The van der Waals surface area contributed by atoms with Crippen LogP contribution >= 0.6 is 11.3 Å². The molecule has 0 saturated carbocycles. The second-order valence-electron chi connectivity index (χ2n) is 2.65. The molecule has 3 nitrogen and oxygen atoms in total. The van der Waals surface area contributed by atoms with Gasteiger partial charge in [-0.05, 0) is 13.8 Å². The third-order valence-corrected chi connectivity index (χ3v) is 3.06. The fourth-order valence-corrected chi connectivity index (χ4v) is 2.21. The van der Waals surface area contributed by atoms with E-state index in [9.17, 15) is 4.79 Å². The predicted molar refractivity (Wildman–Crippen MR) is 47.9 cm³/mol. The van der Waals surface area contributed by atoms with Gasteiger partial charge in [0.25, 0.3) is 0 Å². The normalized spacial score (nSPS) is 10.8. The summed E-state index contributed by atoms with van der Waals surface area (Å²) in [6.07, 6.45) is 2.51. The maximum Gasteiger partial charge on any atom is 0.185 e. The van der Waals surface area contributed by atoms with Crippen molar-refractivity contribution in [3.63, 3.8) is 0 Å². The Morgan fingerprint density at radius 1 is 1.58 bits per heavy atom. The molecule has 0 unspecified atom stereocenters. The molecule has 2 aromatic heterocycles. The van der Waals surface area contributed by atoms with Crippen molar-refractivity contribution in [2.24, 2.45) is 0 Å². The number of aldehydes is 1. The third-order valence-electron chi connectivity index (χ3n) is 1.96. The fraction of sp³-hybridized carbons (Fsp3) is 0.250. The minimum absolute atomic E-state index is 0.492. The number of thiazole rings is 1. The number of carbonyl (C=O) groups is 1. The molecule has 0 amide bonds. The molecule has 0 N–H and O–H groups in total. The Kier molecular flexibility index (Phi) is 1.51. The highest BCUT2D eigenvalue weighted by molar-refractivity contribution is 7.17. The average Bonchev–Trinajstić information content (AvgIpc) is 2.55. The molecule has 0 saturated heterocycles. The first-order valence-corrected chi connectivity index (χ1v) is 4.44. The van der Waals surface area contributed by atoms with E-state index in [1.54, 1.807) is 17.5 Å². The van der Waals surface area contributed by atoms with Crippen molar-refractivity contribution >= 4 is 22.5 Å². The zero-order valence-corrected chi connectivity index (χ0v) is 7.68. The second kappa shape index (κ2) is 2.42. The summed E-state index contributed by atoms with van der Waals surface area (Å²) >= 11 is 1.66. The number of aromatic nitrogens is 2. The highest BCUT2D eigenvalue weighted by atomic mass is 32.1. The standard InChI is InChI=1S/C8H8N2OS/c1-5-6(2)12-8-3-9-7(4-11)10(5)8/h3-4H,1-2H3. The largest absolute Gasteiger partial charge is 0.294 e. The van der Waals surface area contributed by atoms with E-state index in [2.05, 4.69) is 4.98 Å². The monoisotopic (exact) mass is 180 g/mol. The molecule has 12 heavy (non-hydrogen) atoms. The van der Waals surface area contributed by atoms with Crippen LogP contribution in [0.5, 0.6) is 0 Å². The van der Waals surface area contributed by atoms with Crippen LogP contribution in [-0.4, -0.2) is 15.7 Å². The summed E-state index contributed by atoms with van der Waals surface area (Å²) in [6, 6.07) is 0. The Labute approximate surface area is 73.7 Å². The minimum Gasteiger partial charge on any atom is -0.294 e. The Balaban J connectivity index is 2.90. The topological polar surface area (TPSA) is 34.4 Å². The zero-order chi connectivity index (χ0) is 8.72. The van der Waals surface area contributed by atoms with Crippen molar-refractivity contribution in [1.82, 2.24) is 9.38 Å². The fourth-order valence-electron chi connectivity index (χ4n) is 1.23. The van der Waals surface area contributed by atoms with Crippen molar-refractivity contribution in [1.29, 1.82) is 0 Å². The lowest BCUT2D eigenvalue weighted by Gasteiger charge is -1.91. The quantitative estimate of drug-likeness (QED) is 0.627. The van der Waals surface area contributed by atoms with Crippen LogP contribution in [0, 0.1) is 13.8 Å². The molecule has 0 aliphatic heterocycles. The average molecular weight is 180 g/mol. The first-order chi connectivity index (χ1) is 5.74. The molecule has 0 aliphatic rings. The van der Waals surface area contributed by atoms with Gasteiger partial charge in [-0.1, -0.05) is 0 Å². The lowest BCUT2D eigenvalue weighted by molar-refractivity contribution is 0.111. The maximum atomic E-state index is 10.6. The number of hydrogen-bond acceptors (Lipinski definition) is 3. The third kappa shape index (κ3) is 0.814. The van der Waals surface area contributed by atoms with E-state index in [0.29, 0.717) is 5.82 Å². The number of fused-ring (bicyclic) bond motifs is 1. The minimum atomic E-state index is 0.492. The molecule has 0 aliphatic carbocycles. The van der Waals surface area contributed by atoms with Crippen LogP contribution in [-0.2, 0) is 0 Å². The van der Waals surface area contributed by atoms with E-state index in [-0.39, 0.29) is 0 Å². The zero-order valence-electron chi connectivity index (χ0n) is 6.87. The van der Waals surface area contributed by atoms with Crippen LogP contribution in [0.15, 0.2) is 6.20 Å². The van der Waals surface area contributed by atoms with Crippen molar-refractivity contribution in [3.8, 4) is 0 Å². The van der Waals surface area contributed by atoms with Crippen LogP contribution in [0.2, 0.25) is 0 Å². The predicted octanol–water partition coefficient (Wildman–Crippen LogP) is 1.83. The molecule has 0 fully saturated rings. The maximum absolute atomic E-state index is 10.6. The van der Waals surface area contributed by atoms with Gasteiger partial charge in [-0.3, -0.25) is 9.20 Å². The Bertz CT molecular complexity index is 441. The summed E-state index contributed by atoms with van der Waals surface area (Å²) in [5.41, 5.74) is 1.11. The van der Waals surface area contributed by atoms with Gasteiger partial charge in [-0.25, -0.2) is 4.98 Å². The van der Waals surface area contributed by atoms with Crippen molar-refractivity contribution in [2.75, 3.05) is 0 Å². The van der Waals surface area contributed by atoms with E-state index >= 15 is 0 Å². The van der Waals surface area contributed by atoms with E-state index in [0.717, 1.165) is 16.8 Å². The smallest absolute Gasteiger partial charge is 0.185 e. The van der Waals surface area contributed by atoms with Crippen LogP contribution in [0.1, 0.15) is 21.2 Å². The number of carbonyl (C=O) groups excluding carboxylic acids is 1. The number of rotatable bonds is 1.